The summed E-state index contributed by atoms with van der Waals surface area (Å²) >= 11 is 0. The average Bonchev–Trinajstić information content (AvgIpc) is 2.83. The fourth-order valence-electron chi connectivity index (χ4n) is 3.43. The first-order chi connectivity index (χ1) is 16.7. The topological polar surface area (TPSA) is 114 Å². The van der Waals surface area contributed by atoms with Crippen molar-refractivity contribution in [3.05, 3.63) is 84.4 Å². The summed E-state index contributed by atoms with van der Waals surface area (Å²) in [5.74, 6) is -0.517. The van der Waals surface area contributed by atoms with Crippen LogP contribution in [0.3, 0.4) is 0 Å². The first-order valence-electron chi connectivity index (χ1n) is 11.1. The molecule has 0 aliphatic carbocycles. The van der Waals surface area contributed by atoms with Gasteiger partial charge in [-0.25, -0.2) is 8.42 Å². The summed E-state index contributed by atoms with van der Waals surface area (Å²) in [6, 6.07) is 21.0. The normalized spacial score (nSPS) is 12.0. The van der Waals surface area contributed by atoms with Crippen LogP contribution in [0.5, 0.6) is 5.75 Å². The molecule has 1 atom stereocenters. The molecule has 9 heteroatoms. The third kappa shape index (κ3) is 7.07. The molecule has 0 spiro atoms. The van der Waals surface area contributed by atoms with E-state index in [1.54, 1.807) is 30.3 Å². The quantitative estimate of drug-likeness (QED) is 0.396. The van der Waals surface area contributed by atoms with Crippen molar-refractivity contribution in [1.82, 2.24) is 5.32 Å². The Bertz CT molecular complexity index is 1280. The zero-order valence-electron chi connectivity index (χ0n) is 19.8. The molecule has 0 saturated heterocycles. The highest BCUT2D eigenvalue weighted by Crippen LogP contribution is 2.27. The number of sulfonamides is 1. The largest absolute Gasteiger partial charge is 0.495 e. The molecule has 0 aromatic heterocycles. The fourth-order valence-corrected chi connectivity index (χ4v) is 4.55. The number of benzene rings is 3. The number of carbonyl (C=O) groups excluding carboxylic acids is 2. The second-order valence-corrected chi connectivity index (χ2v) is 9.96. The summed E-state index contributed by atoms with van der Waals surface area (Å²) < 4.78 is 33.6. The van der Waals surface area contributed by atoms with E-state index in [4.69, 9.17) is 4.74 Å². The second-order valence-electron chi connectivity index (χ2n) is 8.27. The lowest BCUT2D eigenvalue weighted by molar-refractivity contribution is -0.127. The van der Waals surface area contributed by atoms with Gasteiger partial charge in [-0.3, -0.25) is 14.3 Å². The third-order valence-electron chi connectivity index (χ3n) is 5.24. The summed E-state index contributed by atoms with van der Waals surface area (Å²) in [5.41, 5.74) is 1.43. The molecule has 184 valence electrons. The van der Waals surface area contributed by atoms with Gasteiger partial charge in [-0.2, -0.15) is 0 Å². The number of methoxy groups -OCH3 is 1. The first-order valence-corrected chi connectivity index (χ1v) is 12.6. The number of hydrogen-bond donors (Lipinski definition) is 3. The van der Waals surface area contributed by atoms with Crippen molar-refractivity contribution in [2.45, 2.75) is 31.2 Å². The summed E-state index contributed by atoms with van der Waals surface area (Å²) in [6.45, 7) is 3.65. The van der Waals surface area contributed by atoms with Gasteiger partial charge in [0.05, 0.1) is 24.1 Å². The molecule has 0 heterocycles. The average molecular weight is 496 g/mol. The Kier molecular flexibility index (Phi) is 8.48. The minimum Gasteiger partial charge on any atom is -0.495 e. The van der Waals surface area contributed by atoms with Gasteiger partial charge in [0.2, 0.25) is 11.8 Å². The van der Waals surface area contributed by atoms with Crippen molar-refractivity contribution in [2.75, 3.05) is 17.1 Å². The van der Waals surface area contributed by atoms with Crippen molar-refractivity contribution >= 4 is 33.2 Å². The second kappa shape index (κ2) is 11.5. The minimum absolute atomic E-state index is 0.0320. The van der Waals surface area contributed by atoms with Gasteiger partial charge in [0.1, 0.15) is 11.8 Å². The Morgan fingerprint density at radius 1 is 0.914 bits per heavy atom. The van der Waals surface area contributed by atoms with Gasteiger partial charge in [-0.1, -0.05) is 62.4 Å². The number of ether oxygens (including phenoxy) is 1. The predicted molar refractivity (Wildman–Crippen MR) is 136 cm³/mol. The molecule has 3 N–H and O–H groups in total. The van der Waals surface area contributed by atoms with Crippen LogP contribution in [0.15, 0.2) is 83.8 Å². The molecule has 0 bridgehead atoms. The molecule has 2 amide bonds. The van der Waals surface area contributed by atoms with Crippen LogP contribution >= 0.6 is 0 Å². The van der Waals surface area contributed by atoms with Crippen molar-refractivity contribution < 1.29 is 22.7 Å². The van der Waals surface area contributed by atoms with Gasteiger partial charge in [0.15, 0.2) is 0 Å². The van der Waals surface area contributed by atoms with Crippen LogP contribution in [0.25, 0.3) is 0 Å². The summed E-state index contributed by atoms with van der Waals surface area (Å²) in [7, 11) is -2.49. The number of anilines is 2. The molecule has 35 heavy (non-hydrogen) atoms. The van der Waals surface area contributed by atoms with Gasteiger partial charge >= 0.3 is 0 Å². The lowest BCUT2D eigenvalue weighted by Crippen LogP contribution is -2.47. The van der Waals surface area contributed by atoms with E-state index in [2.05, 4.69) is 15.4 Å². The Hall–Kier alpha value is -3.85. The molecule has 3 aromatic rings. The summed E-state index contributed by atoms with van der Waals surface area (Å²) in [4.78, 5) is 25.4. The van der Waals surface area contributed by atoms with Crippen molar-refractivity contribution in [3.63, 3.8) is 0 Å². The van der Waals surface area contributed by atoms with Gasteiger partial charge in [-0.15, -0.1) is 0 Å². The molecule has 0 aliphatic heterocycles. The molecule has 3 aromatic carbocycles. The minimum atomic E-state index is -3.95. The Morgan fingerprint density at radius 3 is 2.29 bits per heavy atom. The van der Waals surface area contributed by atoms with Gasteiger partial charge in [0, 0.05) is 5.69 Å². The van der Waals surface area contributed by atoms with Crippen molar-refractivity contribution in [2.24, 2.45) is 5.92 Å². The molecule has 0 radical (unpaired) electrons. The number of nitrogens with one attached hydrogen (secondary N) is 3. The predicted octanol–water partition coefficient (Wildman–Crippen LogP) is 3.82. The van der Waals surface area contributed by atoms with Gasteiger partial charge in [-0.05, 0) is 41.8 Å². The van der Waals surface area contributed by atoms with Crippen LogP contribution in [0, 0.1) is 5.92 Å². The highest BCUT2D eigenvalue weighted by molar-refractivity contribution is 7.92. The highest BCUT2D eigenvalue weighted by Gasteiger charge is 2.25. The maximum Gasteiger partial charge on any atom is 0.262 e. The van der Waals surface area contributed by atoms with Crippen LogP contribution in [-0.2, 0) is 26.0 Å². The van der Waals surface area contributed by atoms with E-state index in [9.17, 15) is 18.0 Å². The number of amides is 2. The molecule has 3 rings (SSSR count). The van der Waals surface area contributed by atoms with Crippen LogP contribution in [0.4, 0.5) is 11.4 Å². The van der Waals surface area contributed by atoms with Gasteiger partial charge < -0.3 is 15.4 Å². The first kappa shape index (κ1) is 25.8. The summed E-state index contributed by atoms with van der Waals surface area (Å²) in [6.07, 6.45) is 0.152. The maximum absolute atomic E-state index is 13.0. The van der Waals surface area contributed by atoms with E-state index in [0.717, 1.165) is 5.56 Å². The van der Waals surface area contributed by atoms with E-state index in [-0.39, 0.29) is 23.1 Å². The van der Waals surface area contributed by atoms with Crippen LogP contribution in [0.1, 0.15) is 19.4 Å². The molecule has 0 aliphatic rings. The van der Waals surface area contributed by atoms with E-state index in [0.29, 0.717) is 17.1 Å². The summed E-state index contributed by atoms with van der Waals surface area (Å²) in [5, 5.41) is 5.50. The van der Waals surface area contributed by atoms with Crippen LogP contribution in [-0.4, -0.2) is 33.4 Å². The number of carbonyl (C=O) groups is 2. The lowest BCUT2D eigenvalue weighted by atomic mass is 10.0. The Labute approximate surface area is 205 Å². The zero-order chi connectivity index (χ0) is 25.4. The van der Waals surface area contributed by atoms with Crippen LogP contribution in [0.2, 0.25) is 0 Å². The van der Waals surface area contributed by atoms with Crippen molar-refractivity contribution in [1.29, 1.82) is 0 Å². The Morgan fingerprint density at radius 2 is 1.60 bits per heavy atom. The van der Waals surface area contributed by atoms with E-state index in [1.165, 1.54) is 25.3 Å². The standard InChI is InChI=1S/C26H29N3O5S/c1-18(2)25(28-24(30)16-19-10-5-4-6-11-19)26(31)27-20-12-9-13-21(17-20)35(32,33)29-22-14-7-8-15-23(22)34-3/h4-15,17-18,25,29H,16H2,1-3H3,(H,27,31)(H,28,30). The molecule has 8 nitrogen and oxygen atoms in total. The molecule has 0 saturated carbocycles. The van der Waals surface area contributed by atoms with Gasteiger partial charge in [0.25, 0.3) is 10.0 Å². The molecule has 0 fully saturated rings. The maximum atomic E-state index is 13.0. The van der Waals surface area contributed by atoms with E-state index in [1.807, 2.05) is 44.2 Å². The van der Waals surface area contributed by atoms with Crippen molar-refractivity contribution in [3.8, 4) is 5.75 Å². The fraction of sp³-hybridized carbons (Fsp3) is 0.231. The lowest BCUT2D eigenvalue weighted by Gasteiger charge is -2.22. The van der Waals surface area contributed by atoms with E-state index >= 15 is 0 Å². The van der Waals surface area contributed by atoms with Crippen LogP contribution < -0.4 is 20.1 Å². The smallest absolute Gasteiger partial charge is 0.262 e. The SMILES string of the molecule is COc1ccccc1NS(=O)(=O)c1cccc(NC(=O)C(NC(=O)Cc2ccccc2)C(C)C)c1. The molecular weight excluding hydrogens is 466 g/mol. The zero-order valence-corrected chi connectivity index (χ0v) is 20.6. The number of para-hydroxylation sites is 2. The third-order valence-corrected chi connectivity index (χ3v) is 6.60. The molecular formula is C26H29N3O5S. The van der Waals surface area contributed by atoms with E-state index < -0.39 is 22.0 Å². The molecule has 1 unspecified atom stereocenters. The highest BCUT2D eigenvalue weighted by atomic mass is 32.2. The number of rotatable bonds is 10. The Balaban J connectivity index is 1.72. The number of hydrogen-bond acceptors (Lipinski definition) is 5. The monoisotopic (exact) mass is 495 g/mol.